The van der Waals surface area contributed by atoms with Gasteiger partial charge in [0.05, 0.1) is 24.8 Å². The van der Waals surface area contributed by atoms with E-state index in [9.17, 15) is 18.0 Å². The smallest absolute Gasteiger partial charge is 0.394 e. The summed E-state index contributed by atoms with van der Waals surface area (Å²) in [7, 11) is 1.10. The second-order valence-corrected chi connectivity index (χ2v) is 2.78. The number of alkyl halides is 3. The topological polar surface area (TPSA) is 39.2 Å². The number of carbonyl (C=O) groups is 1. The molecule has 1 heterocycles. The number of carbonyl (C=O) groups excluding carboxylic acids is 1. The summed E-state index contributed by atoms with van der Waals surface area (Å²) in [6.07, 6.45) is -4.43. The summed E-state index contributed by atoms with van der Waals surface area (Å²) in [4.78, 5) is 14.6. The molecule has 1 rings (SSSR count). The van der Waals surface area contributed by atoms with Gasteiger partial charge in [0.2, 0.25) is 0 Å². The fourth-order valence-electron chi connectivity index (χ4n) is 1.06. The Balaban J connectivity index is 3.02. The predicted octanol–water partition coefficient (Wildman–Crippen LogP) is 1.97. The molecule has 0 fully saturated rings. The number of hydrogen-bond donors (Lipinski definition) is 0. The summed E-state index contributed by atoms with van der Waals surface area (Å²) < 4.78 is 40.6. The SMILES string of the molecule is COC(=O)c1cccnc1CC(F)(F)F. The number of methoxy groups -OCH3 is 1. The first kappa shape index (κ1) is 11.5. The van der Waals surface area contributed by atoms with Gasteiger partial charge in [-0.1, -0.05) is 0 Å². The standard InChI is InChI=1S/C9H8F3NO2/c1-15-8(14)6-3-2-4-13-7(6)5-9(10,11)12/h2-4H,5H2,1H3. The Kier molecular flexibility index (Phi) is 3.28. The second kappa shape index (κ2) is 4.29. The van der Waals surface area contributed by atoms with Crippen molar-refractivity contribution in [3.63, 3.8) is 0 Å². The van der Waals surface area contributed by atoms with Crippen molar-refractivity contribution >= 4 is 5.97 Å². The normalized spacial score (nSPS) is 11.2. The maximum Gasteiger partial charge on any atom is 0.394 e. The summed E-state index contributed by atoms with van der Waals surface area (Å²) in [5.74, 6) is -0.817. The highest BCUT2D eigenvalue weighted by Crippen LogP contribution is 2.22. The van der Waals surface area contributed by atoms with Crippen LogP contribution in [0.5, 0.6) is 0 Å². The monoisotopic (exact) mass is 219 g/mol. The third-order valence-electron chi connectivity index (χ3n) is 1.66. The summed E-state index contributed by atoms with van der Waals surface area (Å²) >= 11 is 0. The molecule has 0 aromatic carbocycles. The lowest BCUT2D eigenvalue weighted by Gasteiger charge is -2.08. The molecule has 0 aliphatic carbocycles. The Morgan fingerprint density at radius 2 is 2.20 bits per heavy atom. The lowest BCUT2D eigenvalue weighted by atomic mass is 10.1. The number of aromatic nitrogens is 1. The molecule has 1 aromatic heterocycles. The molecule has 6 heteroatoms. The zero-order valence-corrected chi connectivity index (χ0v) is 7.84. The van der Waals surface area contributed by atoms with E-state index in [1.54, 1.807) is 0 Å². The van der Waals surface area contributed by atoms with Crippen molar-refractivity contribution in [2.24, 2.45) is 0 Å². The first-order valence-electron chi connectivity index (χ1n) is 4.03. The highest BCUT2D eigenvalue weighted by Gasteiger charge is 2.30. The molecule has 0 spiro atoms. The van der Waals surface area contributed by atoms with Crippen molar-refractivity contribution in [2.45, 2.75) is 12.6 Å². The Labute approximate surface area is 83.9 Å². The Hall–Kier alpha value is -1.59. The van der Waals surface area contributed by atoms with Crippen molar-refractivity contribution in [1.82, 2.24) is 4.98 Å². The van der Waals surface area contributed by atoms with Crippen molar-refractivity contribution in [3.8, 4) is 0 Å². The van der Waals surface area contributed by atoms with Crippen LogP contribution in [0, 0.1) is 0 Å². The van der Waals surface area contributed by atoms with Crippen molar-refractivity contribution in [2.75, 3.05) is 7.11 Å². The third kappa shape index (κ3) is 3.23. The minimum Gasteiger partial charge on any atom is -0.465 e. The van der Waals surface area contributed by atoms with Gasteiger partial charge in [0.15, 0.2) is 0 Å². The number of rotatable bonds is 2. The van der Waals surface area contributed by atoms with Crippen LogP contribution in [0.15, 0.2) is 18.3 Å². The van der Waals surface area contributed by atoms with E-state index < -0.39 is 18.6 Å². The third-order valence-corrected chi connectivity index (χ3v) is 1.66. The van der Waals surface area contributed by atoms with Crippen LogP contribution in [-0.4, -0.2) is 24.2 Å². The molecule has 0 bridgehead atoms. The molecule has 0 aliphatic heterocycles. The van der Waals surface area contributed by atoms with Crippen LogP contribution in [0.3, 0.4) is 0 Å². The average molecular weight is 219 g/mol. The van der Waals surface area contributed by atoms with Gasteiger partial charge in [0.25, 0.3) is 0 Å². The number of ether oxygens (including phenoxy) is 1. The van der Waals surface area contributed by atoms with Crippen LogP contribution in [0.1, 0.15) is 16.1 Å². The quantitative estimate of drug-likeness (QED) is 0.714. The molecule has 15 heavy (non-hydrogen) atoms. The number of nitrogens with zero attached hydrogens (tertiary/aromatic N) is 1. The van der Waals surface area contributed by atoms with Crippen molar-refractivity contribution in [3.05, 3.63) is 29.6 Å². The maximum absolute atomic E-state index is 12.1. The van der Waals surface area contributed by atoms with E-state index in [1.807, 2.05) is 0 Å². The lowest BCUT2D eigenvalue weighted by Crippen LogP contribution is -2.16. The number of hydrogen-bond acceptors (Lipinski definition) is 3. The van der Waals surface area contributed by atoms with E-state index in [0.717, 1.165) is 7.11 Å². The van der Waals surface area contributed by atoms with Crippen molar-refractivity contribution < 1.29 is 22.7 Å². The molecule has 1 aromatic rings. The average Bonchev–Trinajstić information content (AvgIpc) is 2.15. The summed E-state index contributed by atoms with van der Waals surface area (Å²) in [6.45, 7) is 0. The number of pyridine rings is 1. The van der Waals surface area contributed by atoms with E-state index in [1.165, 1.54) is 18.3 Å². The van der Waals surface area contributed by atoms with Gasteiger partial charge in [0, 0.05) is 6.20 Å². The van der Waals surface area contributed by atoms with Gasteiger partial charge in [-0.2, -0.15) is 13.2 Å². The van der Waals surface area contributed by atoms with Crippen LogP contribution in [0.25, 0.3) is 0 Å². The van der Waals surface area contributed by atoms with E-state index in [4.69, 9.17) is 0 Å². The highest BCUT2D eigenvalue weighted by molar-refractivity contribution is 5.90. The van der Waals surface area contributed by atoms with E-state index in [-0.39, 0.29) is 11.3 Å². The molecule has 0 aliphatic rings. The molecular formula is C9H8F3NO2. The zero-order chi connectivity index (χ0) is 11.5. The van der Waals surface area contributed by atoms with Crippen LogP contribution in [0.4, 0.5) is 13.2 Å². The molecule has 0 atom stereocenters. The van der Waals surface area contributed by atoms with E-state index >= 15 is 0 Å². The largest absolute Gasteiger partial charge is 0.465 e. The molecule has 0 unspecified atom stereocenters. The van der Waals surface area contributed by atoms with Crippen LogP contribution in [-0.2, 0) is 11.2 Å². The van der Waals surface area contributed by atoms with Gasteiger partial charge < -0.3 is 4.74 Å². The first-order valence-corrected chi connectivity index (χ1v) is 4.03. The minimum atomic E-state index is -4.39. The molecule has 0 saturated heterocycles. The van der Waals surface area contributed by atoms with Crippen molar-refractivity contribution in [1.29, 1.82) is 0 Å². The van der Waals surface area contributed by atoms with Gasteiger partial charge >= 0.3 is 12.1 Å². The van der Waals surface area contributed by atoms with Gasteiger partial charge in [-0.25, -0.2) is 4.79 Å². The highest BCUT2D eigenvalue weighted by atomic mass is 19.4. The molecule has 0 N–H and O–H groups in total. The Bertz CT molecular complexity index is 363. The minimum absolute atomic E-state index is 0.155. The molecular weight excluding hydrogens is 211 g/mol. The van der Waals surface area contributed by atoms with Crippen LogP contribution in [0.2, 0.25) is 0 Å². The number of halogens is 3. The summed E-state index contributed by atoms with van der Waals surface area (Å²) in [6, 6.07) is 2.63. The Morgan fingerprint density at radius 3 is 2.73 bits per heavy atom. The molecule has 82 valence electrons. The predicted molar refractivity (Wildman–Crippen MR) is 45.3 cm³/mol. The summed E-state index contributed by atoms with van der Waals surface area (Å²) in [5.41, 5.74) is -0.478. The second-order valence-electron chi connectivity index (χ2n) is 2.78. The molecule has 0 saturated carbocycles. The zero-order valence-electron chi connectivity index (χ0n) is 7.84. The molecule has 0 radical (unpaired) electrons. The number of esters is 1. The van der Waals surface area contributed by atoms with Gasteiger partial charge in [-0.15, -0.1) is 0 Å². The molecule has 3 nitrogen and oxygen atoms in total. The lowest BCUT2D eigenvalue weighted by molar-refractivity contribution is -0.127. The fourth-order valence-corrected chi connectivity index (χ4v) is 1.06. The van der Waals surface area contributed by atoms with Gasteiger partial charge in [-0.05, 0) is 12.1 Å². The van der Waals surface area contributed by atoms with Gasteiger partial charge in [0.1, 0.15) is 0 Å². The summed E-state index contributed by atoms with van der Waals surface area (Å²) in [5, 5.41) is 0. The molecule has 0 amide bonds. The maximum atomic E-state index is 12.1. The van der Waals surface area contributed by atoms with Gasteiger partial charge in [-0.3, -0.25) is 4.98 Å². The fraction of sp³-hybridized carbons (Fsp3) is 0.333. The Morgan fingerprint density at radius 1 is 1.53 bits per heavy atom. The van der Waals surface area contributed by atoms with Crippen LogP contribution < -0.4 is 0 Å². The van der Waals surface area contributed by atoms with E-state index in [2.05, 4.69) is 9.72 Å². The first-order chi connectivity index (χ1) is 6.94. The van der Waals surface area contributed by atoms with Crippen LogP contribution >= 0.6 is 0 Å². The van der Waals surface area contributed by atoms with E-state index in [0.29, 0.717) is 0 Å².